The molecule has 0 saturated carbocycles. The minimum absolute atomic E-state index is 0.400. The van der Waals surface area contributed by atoms with Crippen molar-refractivity contribution in [3.05, 3.63) is 21.8 Å². The third-order valence-electron chi connectivity index (χ3n) is 2.62. The van der Waals surface area contributed by atoms with E-state index in [-0.39, 0.29) is 0 Å². The van der Waals surface area contributed by atoms with Crippen LogP contribution in [-0.4, -0.2) is 23.5 Å². The Labute approximate surface area is 108 Å². The Morgan fingerprint density at radius 2 is 2.40 bits per heavy atom. The second-order valence-electron chi connectivity index (χ2n) is 3.60. The van der Waals surface area contributed by atoms with Gasteiger partial charge in [-0.15, -0.1) is 11.6 Å². The molecule has 0 N–H and O–H groups in total. The maximum absolute atomic E-state index is 5.93. The van der Waals surface area contributed by atoms with E-state index >= 15 is 0 Å². The van der Waals surface area contributed by atoms with Gasteiger partial charge in [0.25, 0.3) is 0 Å². The Hall–Kier alpha value is 0.01000. The van der Waals surface area contributed by atoms with Crippen molar-refractivity contribution < 1.29 is 0 Å². The summed E-state index contributed by atoms with van der Waals surface area (Å²) in [5, 5.41) is 0.646. The molecule has 1 aliphatic rings. The monoisotopic (exact) mass is 308 g/mol. The van der Waals surface area contributed by atoms with Crippen LogP contribution in [0.3, 0.4) is 0 Å². The zero-order valence-electron chi connectivity index (χ0n) is 8.09. The molecule has 0 radical (unpaired) electrons. The van der Waals surface area contributed by atoms with Crippen LogP contribution >= 0.6 is 39.1 Å². The topological polar surface area (TPSA) is 16.1 Å². The minimum Gasteiger partial charge on any atom is -0.352 e. The first-order valence-corrected chi connectivity index (χ1v) is 6.56. The predicted molar refractivity (Wildman–Crippen MR) is 68.0 cm³/mol. The summed E-state index contributed by atoms with van der Waals surface area (Å²) in [5.74, 6) is 1.60. The van der Waals surface area contributed by atoms with Crippen molar-refractivity contribution in [2.45, 2.75) is 18.9 Å². The molecule has 1 fully saturated rings. The molecular weight excluding hydrogens is 299 g/mol. The molecule has 1 saturated heterocycles. The SMILES string of the molecule is ClCC1CCCN1c1ncc(Cl)cc1Br. The van der Waals surface area contributed by atoms with Crippen molar-refractivity contribution in [2.24, 2.45) is 0 Å². The second kappa shape index (κ2) is 4.89. The second-order valence-corrected chi connectivity index (χ2v) is 5.20. The van der Waals surface area contributed by atoms with Crippen LogP contribution < -0.4 is 4.90 Å². The van der Waals surface area contributed by atoms with Crippen LogP contribution in [0.5, 0.6) is 0 Å². The third-order valence-corrected chi connectivity index (χ3v) is 3.76. The number of halogens is 3. The van der Waals surface area contributed by atoms with E-state index in [9.17, 15) is 0 Å². The standard InChI is InChI=1S/C10H11BrCl2N2/c11-9-4-7(13)6-14-10(9)15-3-1-2-8(15)5-12/h4,6,8H,1-3,5H2. The molecule has 0 aliphatic carbocycles. The molecule has 2 nitrogen and oxygen atoms in total. The number of pyridine rings is 1. The van der Waals surface area contributed by atoms with E-state index < -0.39 is 0 Å². The van der Waals surface area contributed by atoms with Gasteiger partial charge < -0.3 is 4.90 Å². The first-order chi connectivity index (χ1) is 7.22. The van der Waals surface area contributed by atoms with Crippen LogP contribution in [0.25, 0.3) is 0 Å². The van der Waals surface area contributed by atoms with Gasteiger partial charge in [0, 0.05) is 24.7 Å². The zero-order valence-corrected chi connectivity index (χ0v) is 11.2. The summed E-state index contributed by atoms with van der Waals surface area (Å²) in [7, 11) is 0. The number of anilines is 1. The van der Waals surface area contributed by atoms with Crippen molar-refractivity contribution >= 4 is 44.9 Å². The van der Waals surface area contributed by atoms with Crippen LogP contribution in [0.15, 0.2) is 16.7 Å². The van der Waals surface area contributed by atoms with E-state index in [4.69, 9.17) is 23.2 Å². The summed E-state index contributed by atoms with van der Waals surface area (Å²) in [6.45, 7) is 1.02. The van der Waals surface area contributed by atoms with Gasteiger partial charge in [-0.1, -0.05) is 11.6 Å². The van der Waals surface area contributed by atoms with Gasteiger partial charge in [0.2, 0.25) is 0 Å². The first kappa shape index (κ1) is 11.5. The van der Waals surface area contributed by atoms with E-state index in [1.807, 2.05) is 6.07 Å². The molecule has 0 bridgehead atoms. The Morgan fingerprint density at radius 1 is 1.60 bits per heavy atom. The van der Waals surface area contributed by atoms with Crippen molar-refractivity contribution in [2.75, 3.05) is 17.3 Å². The molecule has 2 rings (SSSR count). The number of hydrogen-bond acceptors (Lipinski definition) is 2. The van der Waals surface area contributed by atoms with Crippen LogP contribution in [0, 0.1) is 0 Å². The van der Waals surface area contributed by atoms with Crippen molar-refractivity contribution in [1.29, 1.82) is 0 Å². The van der Waals surface area contributed by atoms with Gasteiger partial charge in [-0.2, -0.15) is 0 Å². The van der Waals surface area contributed by atoms with Crippen LogP contribution in [0.1, 0.15) is 12.8 Å². The smallest absolute Gasteiger partial charge is 0.143 e. The third kappa shape index (κ3) is 2.40. The summed E-state index contributed by atoms with van der Waals surface area (Å²) in [6.07, 6.45) is 3.99. The average molecular weight is 310 g/mol. The molecule has 15 heavy (non-hydrogen) atoms. The van der Waals surface area contributed by atoms with Crippen molar-refractivity contribution in [3.8, 4) is 0 Å². The van der Waals surface area contributed by atoms with Gasteiger partial charge in [0.15, 0.2) is 0 Å². The molecule has 0 spiro atoms. The molecule has 1 aromatic heterocycles. The van der Waals surface area contributed by atoms with Crippen molar-refractivity contribution in [3.63, 3.8) is 0 Å². The molecule has 5 heteroatoms. The van der Waals surface area contributed by atoms with Gasteiger partial charge >= 0.3 is 0 Å². The summed E-state index contributed by atoms with van der Waals surface area (Å²) < 4.78 is 0.937. The summed E-state index contributed by atoms with van der Waals surface area (Å²) in [4.78, 5) is 6.59. The number of hydrogen-bond donors (Lipinski definition) is 0. The lowest BCUT2D eigenvalue weighted by atomic mass is 10.2. The zero-order chi connectivity index (χ0) is 10.8. The summed E-state index contributed by atoms with van der Waals surface area (Å²) in [6, 6.07) is 2.27. The maximum Gasteiger partial charge on any atom is 0.143 e. The lowest BCUT2D eigenvalue weighted by Gasteiger charge is -2.24. The van der Waals surface area contributed by atoms with Crippen molar-refractivity contribution in [1.82, 2.24) is 4.98 Å². The van der Waals surface area contributed by atoms with E-state index in [0.717, 1.165) is 23.3 Å². The first-order valence-electron chi connectivity index (χ1n) is 4.86. The van der Waals surface area contributed by atoms with Crippen LogP contribution in [0.4, 0.5) is 5.82 Å². The van der Waals surface area contributed by atoms with Gasteiger partial charge in [-0.05, 0) is 34.8 Å². The molecule has 1 aliphatic heterocycles. The number of aromatic nitrogens is 1. The lowest BCUT2D eigenvalue weighted by Crippen LogP contribution is -2.31. The Morgan fingerprint density at radius 3 is 3.07 bits per heavy atom. The molecule has 82 valence electrons. The number of nitrogens with zero attached hydrogens (tertiary/aromatic N) is 2. The fourth-order valence-electron chi connectivity index (χ4n) is 1.89. The number of alkyl halides is 1. The molecule has 1 atom stereocenters. The quantitative estimate of drug-likeness (QED) is 0.774. The minimum atomic E-state index is 0.400. The van der Waals surface area contributed by atoms with Gasteiger partial charge in [-0.3, -0.25) is 0 Å². The fraction of sp³-hybridized carbons (Fsp3) is 0.500. The molecule has 1 aromatic rings. The predicted octanol–water partition coefficient (Wildman–Crippen LogP) is 3.71. The Bertz CT molecular complexity index is 359. The number of rotatable bonds is 2. The highest BCUT2D eigenvalue weighted by atomic mass is 79.9. The van der Waals surface area contributed by atoms with Crippen LogP contribution in [0.2, 0.25) is 5.02 Å². The highest BCUT2D eigenvalue weighted by molar-refractivity contribution is 9.10. The van der Waals surface area contributed by atoms with E-state index in [1.54, 1.807) is 6.20 Å². The summed E-state index contributed by atoms with van der Waals surface area (Å²) >= 11 is 15.3. The molecule has 0 amide bonds. The molecule has 1 unspecified atom stereocenters. The van der Waals surface area contributed by atoms with Gasteiger partial charge in [0.05, 0.1) is 9.50 Å². The highest BCUT2D eigenvalue weighted by Gasteiger charge is 2.26. The van der Waals surface area contributed by atoms with Gasteiger partial charge in [0.1, 0.15) is 5.82 Å². The van der Waals surface area contributed by atoms with E-state index in [2.05, 4.69) is 25.8 Å². The Balaban J connectivity index is 2.28. The van der Waals surface area contributed by atoms with Gasteiger partial charge in [-0.25, -0.2) is 4.98 Å². The fourth-order valence-corrected chi connectivity index (χ4v) is 3.08. The average Bonchev–Trinajstić information content (AvgIpc) is 2.65. The van der Waals surface area contributed by atoms with Crippen LogP contribution in [-0.2, 0) is 0 Å². The highest BCUT2D eigenvalue weighted by Crippen LogP contribution is 2.31. The largest absolute Gasteiger partial charge is 0.352 e. The van der Waals surface area contributed by atoms with E-state index in [1.165, 1.54) is 6.42 Å². The molecule has 0 aromatic carbocycles. The lowest BCUT2D eigenvalue weighted by molar-refractivity contribution is 0.732. The normalized spacial score (nSPS) is 21.0. The summed E-state index contributed by atoms with van der Waals surface area (Å²) in [5.41, 5.74) is 0. The Kier molecular flexibility index (Phi) is 3.75. The molecule has 2 heterocycles. The maximum atomic E-state index is 5.93. The molecular formula is C10H11BrCl2N2. The van der Waals surface area contributed by atoms with E-state index in [0.29, 0.717) is 16.9 Å².